The fourth-order valence-electron chi connectivity index (χ4n) is 2.01. The third-order valence-corrected chi connectivity index (χ3v) is 4.23. The molecule has 1 N–H and O–H groups in total. The molecule has 2 rings (SSSR count). The Bertz CT molecular complexity index is 528. The van der Waals surface area contributed by atoms with E-state index in [0.717, 1.165) is 17.0 Å². The van der Waals surface area contributed by atoms with E-state index in [1.807, 2.05) is 13.1 Å². The minimum absolute atomic E-state index is 0.260. The smallest absolute Gasteiger partial charge is 0.0622 e. The molecule has 1 aromatic carbocycles. The maximum Gasteiger partial charge on any atom is 0.0622 e. The molecule has 2 aromatic rings. The highest BCUT2D eigenvalue weighted by Crippen LogP contribution is 2.24. The quantitative estimate of drug-likeness (QED) is 0.845. The maximum atomic E-state index is 6.17. The second-order valence-corrected chi connectivity index (χ2v) is 5.57. The van der Waals surface area contributed by atoms with Crippen molar-refractivity contribution in [2.75, 3.05) is 13.3 Å². The lowest BCUT2D eigenvalue weighted by molar-refractivity contribution is 0.591. The Morgan fingerprint density at radius 2 is 2.00 bits per heavy atom. The molecule has 4 heteroatoms. The highest BCUT2D eigenvalue weighted by molar-refractivity contribution is 7.98. The molecule has 0 radical (unpaired) electrons. The van der Waals surface area contributed by atoms with Gasteiger partial charge in [-0.2, -0.15) is 0 Å². The zero-order chi connectivity index (χ0) is 13.7. The van der Waals surface area contributed by atoms with Crippen LogP contribution in [-0.4, -0.2) is 18.3 Å². The van der Waals surface area contributed by atoms with E-state index in [1.54, 1.807) is 24.2 Å². The predicted octanol–water partition coefficient (Wildman–Crippen LogP) is 3.96. The summed E-state index contributed by atoms with van der Waals surface area (Å²) in [6.07, 6.45) is 6.42. The van der Waals surface area contributed by atoms with Gasteiger partial charge in [0.05, 0.1) is 5.02 Å². The Hall–Kier alpha value is -1.03. The summed E-state index contributed by atoms with van der Waals surface area (Å²) in [6.45, 7) is 0. The van der Waals surface area contributed by atoms with Crippen molar-refractivity contribution < 1.29 is 0 Å². The summed E-state index contributed by atoms with van der Waals surface area (Å²) in [6, 6.07) is 10.9. The minimum atomic E-state index is 0.260. The number of thioether (sulfide) groups is 1. The number of aromatic nitrogens is 1. The molecule has 1 atom stereocenters. The van der Waals surface area contributed by atoms with Gasteiger partial charge < -0.3 is 5.32 Å². The van der Waals surface area contributed by atoms with Crippen LogP contribution in [0.3, 0.4) is 0 Å². The van der Waals surface area contributed by atoms with Crippen molar-refractivity contribution in [1.82, 2.24) is 10.3 Å². The average Bonchev–Trinajstić information content (AvgIpc) is 2.47. The van der Waals surface area contributed by atoms with Gasteiger partial charge in [0.15, 0.2) is 0 Å². The van der Waals surface area contributed by atoms with Crippen molar-refractivity contribution in [3.8, 4) is 0 Å². The second kappa shape index (κ2) is 6.94. The van der Waals surface area contributed by atoms with E-state index in [2.05, 4.69) is 40.8 Å². The largest absolute Gasteiger partial charge is 0.313 e. The van der Waals surface area contributed by atoms with Gasteiger partial charge in [0, 0.05) is 23.3 Å². The highest BCUT2D eigenvalue weighted by Gasteiger charge is 2.12. The van der Waals surface area contributed by atoms with Gasteiger partial charge in [0.1, 0.15) is 0 Å². The number of pyridine rings is 1. The summed E-state index contributed by atoms with van der Waals surface area (Å²) < 4.78 is 0. The van der Waals surface area contributed by atoms with E-state index in [-0.39, 0.29) is 6.04 Å². The molecular weight excluding hydrogens is 276 g/mol. The Labute approximate surface area is 123 Å². The van der Waals surface area contributed by atoms with Crippen LogP contribution < -0.4 is 5.32 Å². The van der Waals surface area contributed by atoms with E-state index in [1.165, 1.54) is 10.5 Å². The number of halogens is 1. The van der Waals surface area contributed by atoms with E-state index < -0.39 is 0 Å². The minimum Gasteiger partial charge on any atom is -0.313 e. The summed E-state index contributed by atoms with van der Waals surface area (Å²) >= 11 is 7.92. The number of hydrogen-bond donors (Lipinski definition) is 1. The predicted molar refractivity (Wildman–Crippen MR) is 83.0 cm³/mol. The summed E-state index contributed by atoms with van der Waals surface area (Å²) in [5.41, 5.74) is 2.39. The molecule has 0 aliphatic rings. The zero-order valence-electron chi connectivity index (χ0n) is 11.1. The van der Waals surface area contributed by atoms with Crippen molar-refractivity contribution >= 4 is 23.4 Å². The van der Waals surface area contributed by atoms with Gasteiger partial charge in [-0.25, -0.2) is 0 Å². The summed E-state index contributed by atoms with van der Waals surface area (Å²) in [5.74, 6) is 0. The Morgan fingerprint density at radius 1 is 1.26 bits per heavy atom. The summed E-state index contributed by atoms with van der Waals surface area (Å²) in [7, 11) is 1.97. The monoisotopic (exact) mass is 292 g/mol. The molecule has 0 saturated carbocycles. The first-order valence-corrected chi connectivity index (χ1v) is 7.74. The van der Waals surface area contributed by atoms with E-state index in [4.69, 9.17) is 11.6 Å². The van der Waals surface area contributed by atoms with Gasteiger partial charge in [-0.15, -0.1) is 11.8 Å². The lowest BCUT2D eigenvalue weighted by Gasteiger charge is -2.17. The van der Waals surface area contributed by atoms with Crippen LogP contribution in [0.5, 0.6) is 0 Å². The van der Waals surface area contributed by atoms with Gasteiger partial charge in [0.25, 0.3) is 0 Å². The van der Waals surface area contributed by atoms with Crippen molar-refractivity contribution in [3.05, 3.63) is 58.9 Å². The molecule has 0 spiro atoms. The van der Waals surface area contributed by atoms with Crippen LogP contribution in [0.15, 0.2) is 47.6 Å². The van der Waals surface area contributed by atoms with Crippen molar-refractivity contribution in [3.63, 3.8) is 0 Å². The van der Waals surface area contributed by atoms with Crippen LogP contribution in [0.1, 0.15) is 17.2 Å². The van der Waals surface area contributed by atoms with E-state index in [9.17, 15) is 0 Å². The molecule has 0 amide bonds. The fraction of sp³-hybridized carbons (Fsp3) is 0.267. The Morgan fingerprint density at radius 3 is 2.58 bits per heavy atom. The first-order chi connectivity index (χ1) is 9.24. The molecule has 0 fully saturated rings. The SMILES string of the molecule is CNC(Cc1ccncc1Cl)c1ccc(SC)cc1. The van der Waals surface area contributed by atoms with Gasteiger partial charge >= 0.3 is 0 Å². The molecule has 0 bridgehead atoms. The van der Waals surface area contributed by atoms with Crippen LogP contribution in [0.2, 0.25) is 5.02 Å². The van der Waals surface area contributed by atoms with Crippen molar-refractivity contribution in [2.24, 2.45) is 0 Å². The first kappa shape index (κ1) is 14.4. The molecule has 0 aliphatic heterocycles. The third-order valence-electron chi connectivity index (χ3n) is 3.15. The lowest BCUT2D eigenvalue weighted by Crippen LogP contribution is -2.19. The maximum absolute atomic E-state index is 6.17. The van der Waals surface area contributed by atoms with Crippen LogP contribution in [0.4, 0.5) is 0 Å². The van der Waals surface area contributed by atoms with Crippen LogP contribution >= 0.6 is 23.4 Å². The number of benzene rings is 1. The molecule has 2 nitrogen and oxygen atoms in total. The van der Waals surface area contributed by atoms with Crippen LogP contribution in [0.25, 0.3) is 0 Å². The number of hydrogen-bond acceptors (Lipinski definition) is 3. The second-order valence-electron chi connectivity index (χ2n) is 4.29. The highest BCUT2D eigenvalue weighted by atomic mass is 35.5. The number of nitrogens with zero attached hydrogens (tertiary/aromatic N) is 1. The number of likely N-dealkylation sites (N-methyl/N-ethyl adjacent to an activating group) is 1. The molecule has 100 valence electrons. The molecular formula is C15H17ClN2S. The fourth-order valence-corrected chi connectivity index (χ4v) is 2.62. The topological polar surface area (TPSA) is 24.9 Å². The van der Waals surface area contributed by atoms with Gasteiger partial charge in [-0.05, 0) is 49.1 Å². The van der Waals surface area contributed by atoms with E-state index >= 15 is 0 Å². The number of nitrogens with one attached hydrogen (secondary N) is 1. The van der Waals surface area contributed by atoms with Crippen LogP contribution in [-0.2, 0) is 6.42 Å². The van der Waals surface area contributed by atoms with E-state index in [0.29, 0.717) is 0 Å². The van der Waals surface area contributed by atoms with Gasteiger partial charge in [0.2, 0.25) is 0 Å². The molecule has 0 aliphatic carbocycles. The molecule has 0 saturated heterocycles. The normalized spacial score (nSPS) is 12.4. The Balaban J connectivity index is 2.17. The van der Waals surface area contributed by atoms with Gasteiger partial charge in [-0.1, -0.05) is 23.7 Å². The van der Waals surface area contributed by atoms with Crippen molar-refractivity contribution in [2.45, 2.75) is 17.4 Å². The van der Waals surface area contributed by atoms with Crippen molar-refractivity contribution in [1.29, 1.82) is 0 Å². The zero-order valence-corrected chi connectivity index (χ0v) is 12.6. The summed E-state index contributed by atoms with van der Waals surface area (Å²) in [5, 5.41) is 4.07. The Kier molecular flexibility index (Phi) is 5.25. The molecule has 19 heavy (non-hydrogen) atoms. The third kappa shape index (κ3) is 3.72. The van der Waals surface area contributed by atoms with Crippen LogP contribution in [0, 0.1) is 0 Å². The van der Waals surface area contributed by atoms with Gasteiger partial charge in [-0.3, -0.25) is 4.98 Å². The summed E-state index contributed by atoms with van der Waals surface area (Å²) in [4.78, 5) is 5.30. The standard InChI is InChI=1S/C15H17ClN2S/c1-17-15(9-12-7-8-18-10-14(12)16)11-3-5-13(19-2)6-4-11/h3-8,10,15,17H,9H2,1-2H3. The first-order valence-electron chi connectivity index (χ1n) is 6.14. The molecule has 1 heterocycles. The molecule has 1 aromatic heterocycles. The lowest BCUT2D eigenvalue weighted by atomic mass is 10.00. The average molecular weight is 293 g/mol. The molecule has 1 unspecified atom stereocenters. The number of rotatable bonds is 5.